The molecular formula is C15H17Cl2N3O. The highest BCUT2D eigenvalue weighted by atomic mass is 35.5. The quantitative estimate of drug-likeness (QED) is 0.874. The van der Waals surface area contributed by atoms with E-state index in [1.165, 1.54) is 0 Å². The summed E-state index contributed by atoms with van der Waals surface area (Å²) in [5.41, 5.74) is 0.893. The molecule has 0 atom stereocenters. The summed E-state index contributed by atoms with van der Waals surface area (Å²) in [7, 11) is 1.71. The van der Waals surface area contributed by atoms with Gasteiger partial charge in [-0.1, -0.05) is 29.3 Å². The van der Waals surface area contributed by atoms with Gasteiger partial charge < -0.3 is 4.90 Å². The number of nitriles is 1. The molecule has 21 heavy (non-hydrogen) atoms. The lowest BCUT2D eigenvalue weighted by Gasteiger charge is -2.21. The van der Waals surface area contributed by atoms with Crippen LogP contribution >= 0.6 is 23.2 Å². The summed E-state index contributed by atoms with van der Waals surface area (Å²) < 4.78 is 0. The highest BCUT2D eigenvalue weighted by molar-refractivity contribution is 6.42. The van der Waals surface area contributed by atoms with E-state index < -0.39 is 0 Å². The Morgan fingerprint density at radius 3 is 2.71 bits per heavy atom. The van der Waals surface area contributed by atoms with E-state index in [0.29, 0.717) is 23.0 Å². The Hall–Kier alpha value is -1.28. The Bertz CT molecular complexity index is 579. The van der Waals surface area contributed by atoms with Gasteiger partial charge in [-0.15, -0.1) is 0 Å². The number of benzene rings is 1. The maximum atomic E-state index is 12.0. The molecule has 1 N–H and O–H groups in total. The normalized spacial score (nSPS) is 15.3. The molecule has 0 aromatic heterocycles. The number of carbonyl (C=O) groups is 1. The first-order valence-electron chi connectivity index (χ1n) is 6.80. The summed E-state index contributed by atoms with van der Waals surface area (Å²) in [6.45, 7) is 0.707. The first-order valence-corrected chi connectivity index (χ1v) is 7.55. The van der Waals surface area contributed by atoms with Crippen molar-refractivity contribution in [1.82, 2.24) is 10.2 Å². The lowest BCUT2D eigenvalue weighted by Crippen LogP contribution is -2.40. The third-order valence-corrected chi connectivity index (χ3v) is 4.52. The third-order valence-electron chi connectivity index (χ3n) is 3.78. The topological polar surface area (TPSA) is 56.1 Å². The molecule has 1 aromatic rings. The van der Waals surface area contributed by atoms with Crippen LogP contribution in [0.2, 0.25) is 10.0 Å². The van der Waals surface area contributed by atoms with E-state index in [2.05, 4.69) is 5.32 Å². The molecule has 6 heteroatoms. The van der Waals surface area contributed by atoms with E-state index >= 15 is 0 Å². The van der Waals surface area contributed by atoms with Gasteiger partial charge in [0.05, 0.1) is 29.1 Å². The molecule has 1 amide bonds. The summed E-state index contributed by atoms with van der Waals surface area (Å²) in [6, 6.07) is 7.61. The van der Waals surface area contributed by atoms with Crippen molar-refractivity contribution >= 4 is 29.1 Å². The zero-order chi connectivity index (χ0) is 15.5. The monoisotopic (exact) mass is 325 g/mol. The highest BCUT2D eigenvalue weighted by Crippen LogP contribution is 2.46. The predicted molar refractivity (Wildman–Crippen MR) is 83.2 cm³/mol. The number of likely N-dealkylation sites (N-methyl/N-ethyl adjacent to an activating group) is 1. The van der Waals surface area contributed by atoms with Crippen LogP contribution < -0.4 is 5.32 Å². The van der Waals surface area contributed by atoms with Crippen LogP contribution in [-0.4, -0.2) is 30.9 Å². The Kier molecular flexibility index (Phi) is 5.10. The van der Waals surface area contributed by atoms with Crippen molar-refractivity contribution in [3.63, 3.8) is 0 Å². The van der Waals surface area contributed by atoms with Crippen molar-refractivity contribution in [3.05, 3.63) is 33.8 Å². The second-order valence-corrected chi connectivity index (χ2v) is 6.10. The van der Waals surface area contributed by atoms with E-state index in [9.17, 15) is 4.79 Å². The third kappa shape index (κ3) is 3.88. The Labute approximate surface area is 134 Å². The number of amides is 1. The fourth-order valence-corrected chi connectivity index (χ4v) is 2.51. The molecule has 0 bridgehead atoms. The lowest BCUT2D eigenvalue weighted by molar-refractivity contribution is -0.129. The number of carbonyl (C=O) groups excluding carboxylic acids is 1. The number of hydrogen-bond acceptors (Lipinski definition) is 3. The van der Waals surface area contributed by atoms with Crippen molar-refractivity contribution in [2.75, 3.05) is 20.1 Å². The molecule has 0 saturated heterocycles. The van der Waals surface area contributed by atoms with E-state index in [1.807, 2.05) is 18.2 Å². The second kappa shape index (κ2) is 6.65. The van der Waals surface area contributed by atoms with Crippen LogP contribution in [0.15, 0.2) is 18.2 Å². The van der Waals surface area contributed by atoms with Gasteiger partial charge in [0.25, 0.3) is 0 Å². The molecular weight excluding hydrogens is 309 g/mol. The van der Waals surface area contributed by atoms with Crippen LogP contribution in [0.5, 0.6) is 0 Å². The van der Waals surface area contributed by atoms with Gasteiger partial charge >= 0.3 is 0 Å². The van der Waals surface area contributed by atoms with Crippen LogP contribution in [-0.2, 0) is 10.3 Å². The van der Waals surface area contributed by atoms with Crippen LogP contribution in [0.4, 0.5) is 0 Å². The standard InChI is InChI=1S/C15H17Cl2N3O/c1-20(8-2-7-18)14(21)10-19-15(5-6-15)11-3-4-12(16)13(17)9-11/h3-4,9,19H,2,5-6,8,10H2,1H3. The van der Waals surface area contributed by atoms with Crippen LogP contribution in [0.25, 0.3) is 0 Å². The molecule has 0 aliphatic heterocycles. The summed E-state index contributed by atoms with van der Waals surface area (Å²) >= 11 is 12.0. The largest absolute Gasteiger partial charge is 0.344 e. The van der Waals surface area contributed by atoms with Gasteiger partial charge in [-0.2, -0.15) is 5.26 Å². The van der Waals surface area contributed by atoms with Crippen molar-refractivity contribution in [2.45, 2.75) is 24.8 Å². The van der Waals surface area contributed by atoms with E-state index in [1.54, 1.807) is 18.0 Å². The average Bonchev–Trinajstić information content (AvgIpc) is 3.26. The maximum absolute atomic E-state index is 12.0. The van der Waals surface area contributed by atoms with Gasteiger partial charge in [-0.05, 0) is 30.5 Å². The lowest BCUT2D eigenvalue weighted by atomic mass is 10.1. The Morgan fingerprint density at radius 2 is 2.14 bits per heavy atom. The van der Waals surface area contributed by atoms with E-state index in [4.69, 9.17) is 28.5 Å². The average molecular weight is 326 g/mol. The molecule has 1 fully saturated rings. The zero-order valence-corrected chi connectivity index (χ0v) is 13.3. The first kappa shape index (κ1) is 16.1. The SMILES string of the molecule is CN(CCC#N)C(=O)CNC1(c2ccc(Cl)c(Cl)c2)CC1. The number of halogens is 2. The molecule has 1 aliphatic carbocycles. The number of nitrogens with zero attached hydrogens (tertiary/aromatic N) is 2. The summed E-state index contributed by atoms with van der Waals surface area (Å²) in [5, 5.41) is 12.9. The maximum Gasteiger partial charge on any atom is 0.236 e. The van der Waals surface area contributed by atoms with Gasteiger partial charge in [0, 0.05) is 19.1 Å². The fourth-order valence-electron chi connectivity index (χ4n) is 2.21. The molecule has 0 heterocycles. The van der Waals surface area contributed by atoms with Crippen LogP contribution in [0, 0.1) is 11.3 Å². The number of rotatable bonds is 6. The van der Waals surface area contributed by atoms with Gasteiger partial charge in [0.15, 0.2) is 0 Å². The number of hydrogen-bond donors (Lipinski definition) is 1. The minimum Gasteiger partial charge on any atom is -0.344 e. The van der Waals surface area contributed by atoms with Crippen LogP contribution in [0.1, 0.15) is 24.8 Å². The van der Waals surface area contributed by atoms with Gasteiger partial charge in [-0.3, -0.25) is 10.1 Å². The molecule has 4 nitrogen and oxygen atoms in total. The molecule has 0 radical (unpaired) electrons. The molecule has 1 saturated carbocycles. The van der Waals surface area contributed by atoms with Crippen LogP contribution in [0.3, 0.4) is 0 Å². The Balaban J connectivity index is 1.95. The second-order valence-electron chi connectivity index (χ2n) is 5.29. The van der Waals surface area contributed by atoms with Crippen molar-refractivity contribution in [1.29, 1.82) is 5.26 Å². The van der Waals surface area contributed by atoms with Crippen molar-refractivity contribution in [3.8, 4) is 6.07 Å². The molecule has 112 valence electrons. The van der Waals surface area contributed by atoms with Crippen molar-refractivity contribution in [2.24, 2.45) is 0 Å². The van der Waals surface area contributed by atoms with E-state index in [0.717, 1.165) is 18.4 Å². The van der Waals surface area contributed by atoms with Gasteiger partial charge in [0.2, 0.25) is 5.91 Å². The summed E-state index contributed by atoms with van der Waals surface area (Å²) in [5.74, 6) is -0.0171. The van der Waals surface area contributed by atoms with Crippen molar-refractivity contribution < 1.29 is 4.79 Å². The smallest absolute Gasteiger partial charge is 0.236 e. The summed E-state index contributed by atoms with van der Waals surface area (Å²) in [4.78, 5) is 13.6. The minimum atomic E-state index is -0.167. The zero-order valence-electron chi connectivity index (χ0n) is 11.8. The molecule has 0 spiro atoms. The predicted octanol–water partition coefficient (Wildman–Crippen LogP) is 2.94. The first-order chi connectivity index (χ1) is 9.98. The molecule has 1 aromatic carbocycles. The van der Waals surface area contributed by atoms with Gasteiger partial charge in [-0.25, -0.2) is 0 Å². The van der Waals surface area contributed by atoms with Gasteiger partial charge in [0.1, 0.15) is 0 Å². The summed E-state index contributed by atoms with van der Waals surface area (Å²) in [6.07, 6.45) is 2.29. The van der Waals surface area contributed by atoms with E-state index in [-0.39, 0.29) is 18.0 Å². The highest BCUT2D eigenvalue weighted by Gasteiger charge is 2.44. The molecule has 1 aliphatic rings. The number of nitrogens with one attached hydrogen (secondary N) is 1. The minimum absolute atomic E-state index is 0.0171. The Morgan fingerprint density at radius 1 is 1.43 bits per heavy atom. The molecule has 0 unspecified atom stereocenters. The fraction of sp³-hybridized carbons (Fsp3) is 0.467. The molecule has 2 rings (SSSR count).